The minimum Gasteiger partial charge on any atom is -0.326 e. The van der Waals surface area contributed by atoms with Gasteiger partial charge in [0.2, 0.25) is 11.8 Å². The number of fused-ring (bicyclic) bond motifs is 2. The second-order valence-electron chi connectivity index (χ2n) is 4.47. The van der Waals surface area contributed by atoms with Crippen LogP contribution < -0.4 is 5.73 Å². The van der Waals surface area contributed by atoms with Crippen molar-refractivity contribution >= 4 is 11.8 Å². The van der Waals surface area contributed by atoms with Crippen molar-refractivity contribution in [1.29, 1.82) is 0 Å². The molecule has 1 saturated carbocycles. The third-order valence-corrected chi connectivity index (χ3v) is 3.13. The molecule has 4 nitrogen and oxygen atoms in total. The molecule has 3 atom stereocenters. The normalized spacial score (nSPS) is 33.7. The zero-order chi connectivity index (χ0) is 10.3. The first kappa shape index (κ1) is 9.65. The summed E-state index contributed by atoms with van der Waals surface area (Å²) in [4.78, 5) is 24.9. The summed E-state index contributed by atoms with van der Waals surface area (Å²) in [5.74, 6) is 0.190. The number of likely N-dealkylation sites (tertiary alicyclic amines) is 1. The van der Waals surface area contributed by atoms with Gasteiger partial charge in [-0.3, -0.25) is 14.5 Å². The van der Waals surface area contributed by atoms with Gasteiger partial charge in [-0.2, -0.15) is 0 Å². The van der Waals surface area contributed by atoms with Crippen LogP contribution in [0.5, 0.6) is 0 Å². The first-order chi connectivity index (χ1) is 6.59. The molecule has 0 aromatic heterocycles. The molecule has 0 aromatic carbocycles. The molecule has 0 aromatic rings. The van der Waals surface area contributed by atoms with E-state index in [1.165, 1.54) is 4.90 Å². The molecule has 2 amide bonds. The molecular formula is C10H16N2O2. The quantitative estimate of drug-likeness (QED) is 0.638. The van der Waals surface area contributed by atoms with Gasteiger partial charge in [-0.1, -0.05) is 0 Å². The smallest absolute Gasteiger partial charge is 0.232 e. The molecule has 0 radical (unpaired) electrons. The number of piperidine rings is 1. The SMILES string of the molecule is CC(N)CN1C(=O)C2CCC(C2)C1=O. The lowest BCUT2D eigenvalue weighted by atomic mass is 9.97. The predicted octanol–water partition coefficient (Wildman–Crippen LogP) is 0.119. The highest BCUT2D eigenvalue weighted by atomic mass is 16.2. The van der Waals surface area contributed by atoms with Gasteiger partial charge in [0.25, 0.3) is 0 Å². The minimum absolute atomic E-state index is 0.000972. The van der Waals surface area contributed by atoms with Crippen molar-refractivity contribution in [3.63, 3.8) is 0 Å². The summed E-state index contributed by atoms with van der Waals surface area (Å²) in [6.07, 6.45) is 2.53. The van der Waals surface area contributed by atoms with E-state index in [4.69, 9.17) is 5.73 Å². The second-order valence-corrected chi connectivity index (χ2v) is 4.47. The summed E-state index contributed by atoms with van der Waals surface area (Å²) < 4.78 is 0. The summed E-state index contributed by atoms with van der Waals surface area (Å²) in [7, 11) is 0. The third-order valence-electron chi connectivity index (χ3n) is 3.13. The maximum absolute atomic E-state index is 11.8. The van der Waals surface area contributed by atoms with Crippen molar-refractivity contribution in [2.24, 2.45) is 17.6 Å². The fourth-order valence-corrected chi connectivity index (χ4v) is 2.45. The molecule has 1 heterocycles. The monoisotopic (exact) mass is 196 g/mol. The Bertz CT molecular complexity index is 253. The molecule has 78 valence electrons. The molecule has 2 N–H and O–H groups in total. The molecule has 0 spiro atoms. The van der Waals surface area contributed by atoms with Gasteiger partial charge in [-0.15, -0.1) is 0 Å². The van der Waals surface area contributed by atoms with E-state index in [1.54, 1.807) is 0 Å². The zero-order valence-electron chi connectivity index (χ0n) is 8.40. The van der Waals surface area contributed by atoms with Crippen molar-refractivity contribution in [3.8, 4) is 0 Å². The standard InChI is InChI=1S/C10H16N2O2/c1-6(11)5-12-9(13)7-2-3-8(4-7)10(12)14/h6-8H,2-5,11H2,1H3. The zero-order valence-corrected chi connectivity index (χ0v) is 8.40. The van der Waals surface area contributed by atoms with Crippen molar-refractivity contribution in [2.75, 3.05) is 6.54 Å². The molecule has 1 aliphatic carbocycles. The van der Waals surface area contributed by atoms with E-state index in [0.29, 0.717) is 6.54 Å². The van der Waals surface area contributed by atoms with E-state index >= 15 is 0 Å². The molecule has 3 unspecified atom stereocenters. The molecule has 2 bridgehead atoms. The highest BCUT2D eigenvalue weighted by molar-refractivity contribution is 6.00. The molecule has 4 heteroatoms. The Morgan fingerprint density at radius 2 is 1.86 bits per heavy atom. The summed E-state index contributed by atoms with van der Waals surface area (Å²) >= 11 is 0. The number of hydrogen-bond donors (Lipinski definition) is 1. The van der Waals surface area contributed by atoms with Crippen LogP contribution in [0, 0.1) is 11.8 Å². The van der Waals surface area contributed by atoms with Gasteiger partial charge in [-0.05, 0) is 26.2 Å². The first-order valence-corrected chi connectivity index (χ1v) is 5.20. The summed E-state index contributed by atoms with van der Waals surface area (Å²) in [5.41, 5.74) is 5.61. The number of carbonyl (C=O) groups excluding carboxylic acids is 2. The van der Waals surface area contributed by atoms with E-state index in [-0.39, 0.29) is 29.7 Å². The van der Waals surface area contributed by atoms with Crippen molar-refractivity contribution < 1.29 is 9.59 Å². The Hall–Kier alpha value is -0.900. The highest BCUT2D eigenvalue weighted by Gasteiger charge is 2.45. The van der Waals surface area contributed by atoms with Crippen LogP contribution in [0.4, 0.5) is 0 Å². The lowest BCUT2D eigenvalue weighted by Crippen LogP contribution is -2.50. The average molecular weight is 196 g/mol. The molecule has 14 heavy (non-hydrogen) atoms. The fourth-order valence-electron chi connectivity index (χ4n) is 2.45. The van der Waals surface area contributed by atoms with Crippen LogP contribution in [0.2, 0.25) is 0 Å². The summed E-state index contributed by atoms with van der Waals surface area (Å²) in [5, 5.41) is 0. The van der Waals surface area contributed by atoms with Crippen molar-refractivity contribution in [2.45, 2.75) is 32.2 Å². The maximum Gasteiger partial charge on any atom is 0.232 e. The van der Waals surface area contributed by atoms with Gasteiger partial charge in [0.05, 0.1) is 0 Å². The molecule has 2 fully saturated rings. The summed E-state index contributed by atoms with van der Waals surface area (Å²) in [6.45, 7) is 2.20. The molecule has 2 aliphatic rings. The topological polar surface area (TPSA) is 63.4 Å². The lowest BCUT2D eigenvalue weighted by Gasteiger charge is -2.30. The van der Waals surface area contributed by atoms with Crippen LogP contribution in [0.15, 0.2) is 0 Å². The van der Waals surface area contributed by atoms with Gasteiger partial charge < -0.3 is 5.73 Å². The Labute approximate surface area is 83.4 Å². The Kier molecular flexibility index (Phi) is 2.31. The summed E-state index contributed by atoms with van der Waals surface area (Å²) in [6, 6.07) is -0.125. The molecular weight excluding hydrogens is 180 g/mol. The van der Waals surface area contributed by atoms with Gasteiger partial charge in [0.1, 0.15) is 0 Å². The number of hydrogen-bond acceptors (Lipinski definition) is 3. The van der Waals surface area contributed by atoms with Gasteiger partial charge in [-0.25, -0.2) is 0 Å². The number of nitrogens with two attached hydrogens (primary N) is 1. The Balaban J connectivity index is 2.15. The number of carbonyl (C=O) groups is 2. The van der Waals surface area contributed by atoms with Crippen LogP contribution >= 0.6 is 0 Å². The second kappa shape index (κ2) is 3.35. The predicted molar refractivity (Wildman–Crippen MR) is 51.2 cm³/mol. The molecule has 2 rings (SSSR count). The third kappa shape index (κ3) is 1.43. The van der Waals surface area contributed by atoms with E-state index < -0.39 is 0 Å². The molecule has 1 aliphatic heterocycles. The van der Waals surface area contributed by atoms with E-state index in [2.05, 4.69) is 0 Å². The van der Waals surface area contributed by atoms with Crippen LogP contribution in [0.1, 0.15) is 26.2 Å². The first-order valence-electron chi connectivity index (χ1n) is 5.20. The lowest BCUT2D eigenvalue weighted by molar-refractivity contribution is -0.153. The van der Waals surface area contributed by atoms with Crippen LogP contribution in [-0.2, 0) is 9.59 Å². The maximum atomic E-state index is 11.8. The average Bonchev–Trinajstić information content (AvgIpc) is 2.55. The van der Waals surface area contributed by atoms with Crippen molar-refractivity contribution in [1.82, 2.24) is 4.90 Å². The van der Waals surface area contributed by atoms with Gasteiger partial charge in [0.15, 0.2) is 0 Å². The van der Waals surface area contributed by atoms with E-state index in [9.17, 15) is 9.59 Å². The number of amides is 2. The van der Waals surface area contributed by atoms with Crippen molar-refractivity contribution in [3.05, 3.63) is 0 Å². The van der Waals surface area contributed by atoms with Gasteiger partial charge in [0, 0.05) is 24.4 Å². The Morgan fingerprint density at radius 3 is 2.29 bits per heavy atom. The number of imide groups is 1. The minimum atomic E-state index is -0.125. The van der Waals surface area contributed by atoms with Crippen LogP contribution in [0.3, 0.4) is 0 Å². The number of rotatable bonds is 2. The van der Waals surface area contributed by atoms with E-state index in [1.807, 2.05) is 6.92 Å². The fraction of sp³-hybridized carbons (Fsp3) is 0.800. The number of nitrogens with zero attached hydrogens (tertiary/aromatic N) is 1. The molecule has 1 saturated heterocycles. The van der Waals surface area contributed by atoms with Gasteiger partial charge >= 0.3 is 0 Å². The van der Waals surface area contributed by atoms with Crippen LogP contribution in [0.25, 0.3) is 0 Å². The highest BCUT2D eigenvalue weighted by Crippen LogP contribution is 2.37. The Morgan fingerprint density at radius 1 is 1.36 bits per heavy atom. The van der Waals surface area contributed by atoms with Crippen LogP contribution in [-0.4, -0.2) is 29.3 Å². The van der Waals surface area contributed by atoms with E-state index in [0.717, 1.165) is 19.3 Å². The largest absolute Gasteiger partial charge is 0.326 e.